The summed E-state index contributed by atoms with van der Waals surface area (Å²) in [5.74, 6) is 0.257. The molecule has 1 heterocycles. The van der Waals surface area contributed by atoms with E-state index in [1.54, 1.807) is 6.20 Å². The van der Waals surface area contributed by atoms with Gasteiger partial charge in [-0.1, -0.05) is 42.5 Å². The fraction of sp³-hybridized carbons (Fsp3) is 0. The first-order valence-corrected chi connectivity index (χ1v) is 5.07. The molecule has 0 atom stereocenters. The van der Waals surface area contributed by atoms with E-state index in [2.05, 4.69) is 9.97 Å². The highest BCUT2D eigenvalue weighted by atomic mass is 32.1. The lowest BCUT2D eigenvalue weighted by Crippen LogP contribution is -2.15. The minimum absolute atomic E-state index is 0.155. The molecule has 16 heavy (non-hydrogen) atoms. The predicted molar refractivity (Wildman–Crippen MR) is 67.8 cm³/mol. The zero-order valence-corrected chi connectivity index (χ0v) is 9.24. The van der Waals surface area contributed by atoms with Gasteiger partial charge in [0.1, 0.15) is 10.7 Å². The molecule has 5 heteroatoms. The molecule has 80 valence electrons. The smallest absolute Gasteiger partial charge is 0.152 e. The van der Waals surface area contributed by atoms with Gasteiger partial charge in [0, 0.05) is 5.56 Å². The third kappa shape index (κ3) is 1.99. The first kappa shape index (κ1) is 10.5. The number of nitrogen functional groups attached to an aromatic ring is 1. The molecule has 0 aliphatic heterocycles. The number of aromatic nitrogens is 2. The number of rotatable bonds is 2. The van der Waals surface area contributed by atoms with Crippen LogP contribution in [0.3, 0.4) is 0 Å². The fourth-order valence-electron chi connectivity index (χ4n) is 1.33. The van der Waals surface area contributed by atoms with Gasteiger partial charge in [-0.2, -0.15) is 0 Å². The average Bonchev–Trinajstić information content (AvgIpc) is 2.30. The van der Waals surface area contributed by atoms with Crippen LogP contribution >= 0.6 is 12.2 Å². The quantitative estimate of drug-likeness (QED) is 0.762. The monoisotopic (exact) mass is 230 g/mol. The number of nitrogens with two attached hydrogens (primary N) is 2. The molecule has 4 N–H and O–H groups in total. The lowest BCUT2D eigenvalue weighted by atomic mass is 10.1. The Kier molecular flexibility index (Phi) is 2.78. The van der Waals surface area contributed by atoms with Gasteiger partial charge in [-0.3, -0.25) is 0 Å². The zero-order valence-electron chi connectivity index (χ0n) is 8.42. The van der Waals surface area contributed by atoms with Crippen LogP contribution in [0.2, 0.25) is 0 Å². The second kappa shape index (κ2) is 4.24. The van der Waals surface area contributed by atoms with Gasteiger partial charge in [-0.05, 0) is 0 Å². The first-order valence-electron chi connectivity index (χ1n) is 4.66. The predicted octanol–water partition coefficient (Wildman–Crippen LogP) is 1.36. The third-order valence-electron chi connectivity index (χ3n) is 2.10. The van der Waals surface area contributed by atoms with Gasteiger partial charge in [0.2, 0.25) is 0 Å². The van der Waals surface area contributed by atoms with Crippen LogP contribution in [0.25, 0.3) is 11.3 Å². The third-order valence-corrected chi connectivity index (χ3v) is 2.30. The molecule has 4 nitrogen and oxygen atoms in total. The van der Waals surface area contributed by atoms with Crippen molar-refractivity contribution in [3.63, 3.8) is 0 Å². The summed E-state index contributed by atoms with van der Waals surface area (Å²) in [5.41, 5.74) is 13.2. The molecular weight excluding hydrogens is 220 g/mol. The minimum atomic E-state index is 0.155. The summed E-state index contributed by atoms with van der Waals surface area (Å²) in [6, 6.07) is 9.65. The molecule has 2 rings (SSSR count). The molecule has 2 aromatic rings. The molecular formula is C11H10N4S. The second-order valence-electron chi connectivity index (χ2n) is 3.22. The van der Waals surface area contributed by atoms with Gasteiger partial charge in [0.15, 0.2) is 5.82 Å². The van der Waals surface area contributed by atoms with Crippen molar-refractivity contribution >= 4 is 23.0 Å². The van der Waals surface area contributed by atoms with E-state index in [-0.39, 0.29) is 10.8 Å². The minimum Gasteiger partial charge on any atom is -0.388 e. The van der Waals surface area contributed by atoms with Gasteiger partial charge in [-0.15, -0.1) is 0 Å². The van der Waals surface area contributed by atoms with Crippen LogP contribution in [0.15, 0.2) is 36.5 Å². The maximum absolute atomic E-state index is 5.63. The molecule has 0 aliphatic carbocycles. The van der Waals surface area contributed by atoms with Gasteiger partial charge in [-0.25, -0.2) is 9.97 Å². The molecule has 0 amide bonds. The Balaban J connectivity index is 2.52. The van der Waals surface area contributed by atoms with E-state index in [0.29, 0.717) is 11.4 Å². The normalized spacial score (nSPS) is 10.0. The second-order valence-corrected chi connectivity index (χ2v) is 3.66. The van der Waals surface area contributed by atoms with Crippen molar-refractivity contribution in [2.75, 3.05) is 5.73 Å². The lowest BCUT2D eigenvalue weighted by Gasteiger charge is -2.05. The zero-order chi connectivity index (χ0) is 11.5. The van der Waals surface area contributed by atoms with E-state index in [9.17, 15) is 0 Å². The van der Waals surface area contributed by atoms with Crippen LogP contribution in [0.1, 0.15) is 5.69 Å². The SMILES string of the molecule is NC(=S)c1nc(-c2ccccc2)cnc1N. The Morgan fingerprint density at radius 2 is 1.88 bits per heavy atom. The summed E-state index contributed by atoms with van der Waals surface area (Å²) >= 11 is 4.85. The Hall–Kier alpha value is -2.01. The molecule has 1 aromatic heterocycles. The summed E-state index contributed by atoms with van der Waals surface area (Å²) < 4.78 is 0. The molecule has 0 saturated carbocycles. The highest BCUT2D eigenvalue weighted by Crippen LogP contribution is 2.17. The Labute approximate surface area is 98.3 Å². The molecule has 0 aliphatic rings. The van der Waals surface area contributed by atoms with E-state index in [0.717, 1.165) is 5.56 Å². The summed E-state index contributed by atoms with van der Waals surface area (Å²) in [6.07, 6.45) is 1.60. The number of nitrogens with zero attached hydrogens (tertiary/aromatic N) is 2. The molecule has 0 unspecified atom stereocenters. The van der Waals surface area contributed by atoms with E-state index in [4.69, 9.17) is 23.7 Å². The maximum atomic E-state index is 5.63. The summed E-state index contributed by atoms with van der Waals surface area (Å²) in [7, 11) is 0. The van der Waals surface area contributed by atoms with Crippen molar-refractivity contribution in [2.45, 2.75) is 0 Å². The molecule has 0 radical (unpaired) electrons. The summed E-state index contributed by atoms with van der Waals surface area (Å²) in [5, 5.41) is 0. The molecule has 0 bridgehead atoms. The van der Waals surface area contributed by atoms with Crippen LogP contribution in [0.5, 0.6) is 0 Å². The van der Waals surface area contributed by atoms with Crippen LogP contribution < -0.4 is 11.5 Å². The average molecular weight is 230 g/mol. The molecule has 1 aromatic carbocycles. The van der Waals surface area contributed by atoms with Crippen molar-refractivity contribution in [3.8, 4) is 11.3 Å². The van der Waals surface area contributed by atoms with Crippen LogP contribution in [-0.2, 0) is 0 Å². The fourth-order valence-corrected chi connectivity index (χ4v) is 1.48. The molecule has 0 fully saturated rings. The van der Waals surface area contributed by atoms with Crippen molar-refractivity contribution in [1.29, 1.82) is 0 Å². The van der Waals surface area contributed by atoms with E-state index < -0.39 is 0 Å². The van der Waals surface area contributed by atoms with Gasteiger partial charge >= 0.3 is 0 Å². The van der Waals surface area contributed by atoms with Crippen molar-refractivity contribution in [3.05, 3.63) is 42.2 Å². The van der Waals surface area contributed by atoms with Gasteiger partial charge in [0.25, 0.3) is 0 Å². The highest BCUT2D eigenvalue weighted by molar-refractivity contribution is 7.80. The molecule has 0 spiro atoms. The van der Waals surface area contributed by atoms with Crippen LogP contribution in [-0.4, -0.2) is 15.0 Å². The number of thiocarbonyl (C=S) groups is 1. The van der Waals surface area contributed by atoms with E-state index in [1.165, 1.54) is 0 Å². The Bertz CT molecular complexity index is 525. The number of hydrogen-bond acceptors (Lipinski definition) is 4. The highest BCUT2D eigenvalue weighted by Gasteiger charge is 2.08. The topological polar surface area (TPSA) is 77.8 Å². The van der Waals surface area contributed by atoms with E-state index in [1.807, 2.05) is 30.3 Å². The largest absolute Gasteiger partial charge is 0.388 e. The van der Waals surface area contributed by atoms with Crippen molar-refractivity contribution < 1.29 is 0 Å². The van der Waals surface area contributed by atoms with Crippen LogP contribution in [0, 0.1) is 0 Å². The van der Waals surface area contributed by atoms with Gasteiger partial charge < -0.3 is 11.5 Å². The summed E-state index contributed by atoms with van der Waals surface area (Å²) in [6.45, 7) is 0. The maximum Gasteiger partial charge on any atom is 0.152 e. The Morgan fingerprint density at radius 1 is 1.19 bits per heavy atom. The first-order chi connectivity index (χ1) is 7.68. The Morgan fingerprint density at radius 3 is 2.50 bits per heavy atom. The number of hydrogen-bond donors (Lipinski definition) is 2. The summed E-state index contributed by atoms with van der Waals surface area (Å²) in [4.78, 5) is 8.47. The van der Waals surface area contributed by atoms with Crippen molar-refractivity contribution in [1.82, 2.24) is 9.97 Å². The van der Waals surface area contributed by atoms with Crippen molar-refractivity contribution in [2.24, 2.45) is 5.73 Å². The van der Waals surface area contributed by atoms with E-state index >= 15 is 0 Å². The molecule has 0 saturated heterocycles. The number of benzene rings is 1. The van der Waals surface area contributed by atoms with Crippen LogP contribution in [0.4, 0.5) is 5.82 Å². The number of anilines is 1. The standard InChI is InChI=1S/C11H10N4S/c12-10-9(11(13)16)15-8(6-14-10)7-4-2-1-3-5-7/h1-6H,(H2,12,14)(H2,13,16). The van der Waals surface area contributed by atoms with Gasteiger partial charge in [0.05, 0.1) is 11.9 Å². The lowest BCUT2D eigenvalue weighted by molar-refractivity contribution is 1.19.